The number of fused-ring (bicyclic) bond motifs is 1. The van der Waals surface area contributed by atoms with Gasteiger partial charge in [0.15, 0.2) is 0 Å². The van der Waals surface area contributed by atoms with Gasteiger partial charge >= 0.3 is 0 Å². The van der Waals surface area contributed by atoms with Gasteiger partial charge in [0.2, 0.25) is 0 Å². The summed E-state index contributed by atoms with van der Waals surface area (Å²) >= 11 is 0. The first-order valence-corrected chi connectivity index (χ1v) is 7.95. The number of rotatable bonds is 7. The molecule has 22 heavy (non-hydrogen) atoms. The lowest BCUT2D eigenvalue weighted by Gasteiger charge is -2.30. The van der Waals surface area contributed by atoms with Crippen LogP contribution < -0.4 is 0 Å². The minimum absolute atomic E-state index is 0. The zero-order chi connectivity index (χ0) is 15.7. The first kappa shape index (κ1) is 21.5. The number of halogens is 1. The van der Waals surface area contributed by atoms with Crippen LogP contribution in [0.25, 0.3) is 0 Å². The minimum atomic E-state index is -0.0638. The molecule has 2 atom stereocenters. The van der Waals surface area contributed by atoms with Crippen molar-refractivity contribution in [1.82, 2.24) is 4.90 Å². The second kappa shape index (κ2) is 11.1. The predicted molar refractivity (Wildman–Crippen MR) is 88.9 cm³/mol. The maximum absolute atomic E-state index is 12.8. The summed E-state index contributed by atoms with van der Waals surface area (Å²) in [6.07, 6.45) is 2.63. The molecule has 0 bridgehead atoms. The lowest BCUT2D eigenvalue weighted by atomic mass is 9.93. The smallest absolute Gasteiger partial charge is 0.0872 e. The van der Waals surface area contributed by atoms with Gasteiger partial charge in [-0.3, -0.25) is 4.90 Å². The quantitative estimate of drug-likeness (QED) is 0.673. The third-order valence-corrected chi connectivity index (χ3v) is 4.02. The third-order valence-electron chi connectivity index (χ3n) is 4.02. The van der Waals surface area contributed by atoms with Gasteiger partial charge in [-0.2, -0.15) is 0 Å². The fraction of sp³-hybridized carbons (Fsp3) is 0.882. The van der Waals surface area contributed by atoms with Crippen molar-refractivity contribution >= 4 is 0 Å². The third kappa shape index (κ3) is 5.30. The average Bonchev–Trinajstić information content (AvgIpc) is 3.01. The van der Waals surface area contributed by atoms with E-state index in [-0.39, 0.29) is 19.1 Å². The number of hydrogen-bond acceptors (Lipinski definition) is 4. The number of nitrogens with zero attached hydrogens (tertiary/aromatic N) is 1. The van der Waals surface area contributed by atoms with Crippen molar-refractivity contribution in [2.45, 2.75) is 52.7 Å². The highest BCUT2D eigenvalue weighted by Crippen LogP contribution is 2.42. The highest BCUT2D eigenvalue weighted by molar-refractivity contribution is 5.20. The first-order chi connectivity index (χ1) is 10.2. The number of ether oxygens (including phenoxy) is 3. The average molecular weight is 319 g/mol. The van der Waals surface area contributed by atoms with Gasteiger partial charge in [-0.15, -0.1) is 0 Å². The first-order valence-electron chi connectivity index (χ1n) is 7.95. The summed E-state index contributed by atoms with van der Waals surface area (Å²) < 4.78 is 29.2. The number of hydrogen-bond donors (Lipinski definition) is 0. The normalized spacial score (nSPS) is 29.0. The molecule has 132 valence electrons. The van der Waals surface area contributed by atoms with E-state index in [1.54, 1.807) is 7.11 Å². The maximum Gasteiger partial charge on any atom is 0.0872 e. The molecule has 0 aromatic carbocycles. The van der Waals surface area contributed by atoms with Crippen molar-refractivity contribution in [3.05, 3.63) is 11.9 Å². The van der Waals surface area contributed by atoms with Crippen LogP contribution in [-0.2, 0) is 14.2 Å². The molecule has 0 amide bonds. The van der Waals surface area contributed by atoms with E-state index in [1.807, 2.05) is 20.8 Å². The molecule has 0 saturated carbocycles. The summed E-state index contributed by atoms with van der Waals surface area (Å²) in [5.41, 5.74) is 0.807. The summed E-state index contributed by atoms with van der Waals surface area (Å²) in [5, 5.41) is 0. The Kier molecular flexibility index (Phi) is 10.9. The molecule has 0 N–H and O–H groups in total. The van der Waals surface area contributed by atoms with Crippen molar-refractivity contribution in [3.63, 3.8) is 0 Å². The molecule has 4 nitrogen and oxygen atoms in total. The van der Waals surface area contributed by atoms with Gasteiger partial charge < -0.3 is 14.2 Å². The highest BCUT2D eigenvalue weighted by atomic mass is 19.1. The fourth-order valence-corrected chi connectivity index (χ4v) is 3.17. The second-order valence-corrected chi connectivity index (χ2v) is 5.38. The Morgan fingerprint density at radius 2 is 2.09 bits per heavy atom. The Bertz CT molecular complexity index is 325. The van der Waals surface area contributed by atoms with Gasteiger partial charge in [0.1, 0.15) is 0 Å². The molecule has 2 rings (SSSR count). The molecular formula is C17H34FNO3. The Morgan fingerprint density at radius 1 is 1.36 bits per heavy atom. The number of methoxy groups -OCH3 is 1. The molecule has 2 heterocycles. The largest absolute Gasteiger partial charge is 0.382 e. The molecule has 2 aliphatic heterocycles. The van der Waals surface area contributed by atoms with Crippen LogP contribution in [0.15, 0.2) is 11.9 Å². The molecule has 2 aliphatic rings. The van der Waals surface area contributed by atoms with Crippen molar-refractivity contribution in [3.8, 4) is 0 Å². The fourth-order valence-electron chi connectivity index (χ4n) is 3.17. The molecule has 5 heteroatoms. The molecule has 0 aromatic heterocycles. The zero-order valence-electron chi connectivity index (χ0n) is 13.9. The molecule has 0 aliphatic carbocycles. The maximum atomic E-state index is 12.8. The van der Waals surface area contributed by atoms with Crippen molar-refractivity contribution in [2.24, 2.45) is 0 Å². The van der Waals surface area contributed by atoms with Gasteiger partial charge in [0.05, 0.1) is 37.8 Å². The van der Waals surface area contributed by atoms with Gasteiger partial charge in [-0.05, 0) is 25.3 Å². The van der Waals surface area contributed by atoms with Gasteiger partial charge in [-0.25, -0.2) is 4.39 Å². The van der Waals surface area contributed by atoms with Crippen LogP contribution in [0.2, 0.25) is 0 Å². The van der Waals surface area contributed by atoms with E-state index in [2.05, 4.69) is 4.90 Å². The molecule has 0 unspecified atom stereocenters. The van der Waals surface area contributed by atoms with E-state index in [0.29, 0.717) is 33.0 Å². The Balaban J connectivity index is 0.00000141. The van der Waals surface area contributed by atoms with Crippen molar-refractivity contribution in [2.75, 3.05) is 46.6 Å². The summed E-state index contributed by atoms with van der Waals surface area (Å²) in [6.45, 7) is 10.1. The lowest BCUT2D eigenvalue weighted by Crippen LogP contribution is -2.42. The van der Waals surface area contributed by atoms with Crippen molar-refractivity contribution < 1.29 is 18.6 Å². The van der Waals surface area contributed by atoms with E-state index in [9.17, 15) is 4.39 Å². The van der Waals surface area contributed by atoms with Crippen LogP contribution in [0.3, 0.4) is 0 Å². The zero-order valence-corrected chi connectivity index (χ0v) is 13.9. The summed E-state index contributed by atoms with van der Waals surface area (Å²) in [5.74, 6) is 0. The van der Waals surface area contributed by atoms with E-state index in [0.717, 1.165) is 31.3 Å². The van der Waals surface area contributed by atoms with E-state index in [4.69, 9.17) is 14.2 Å². The molecule has 2 saturated heterocycles. The van der Waals surface area contributed by atoms with E-state index < -0.39 is 0 Å². The SMILES string of the molecule is C.CC.CCOC[C@]12C/C(=C\F)CN1C[C@@H](OCCOC)C2. The van der Waals surface area contributed by atoms with Gasteiger partial charge in [0.25, 0.3) is 0 Å². The molecule has 0 spiro atoms. The summed E-state index contributed by atoms with van der Waals surface area (Å²) in [4.78, 5) is 2.31. The Hall–Kier alpha value is -0.490. The molecule has 0 radical (unpaired) electrons. The van der Waals surface area contributed by atoms with E-state index in [1.165, 1.54) is 0 Å². The monoisotopic (exact) mass is 319 g/mol. The van der Waals surface area contributed by atoms with Crippen molar-refractivity contribution in [1.29, 1.82) is 0 Å². The highest BCUT2D eigenvalue weighted by Gasteiger charge is 2.50. The van der Waals surface area contributed by atoms with Crippen LogP contribution in [0.4, 0.5) is 4.39 Å². The van der Waals surface area contributed by atoms with Gasteiger partial charge in [-0.1, -0.05) is 21.3 Å². The van der Waals surface area contributed by atoms with Crippen LogP contribution in [-0.4, -0.2) is 63.2 Å². The van der Waals surface area contributed by atoms with Crippen LogP contribution >= 0.6 is 0 Å². The lowest BCUT2D eigenvalue weighted by molar-refractivity contribution is 0.0178. The molecule has 2 fully saturated rings. The summed E-state index contributed by atoms with van der Waals surface area (Å²) in [7, 11) is 1.67. The van der Waals surface area contributed by atoms with Crippen LogP contribution in [0.5, 0.6) is 0 Å². The molecular weight excluding hydrogens is 285 g/mol. The predicted octanol–water partition coefficient (Wildman–Crippen LogP) is 3.42. The standard InChI is InChI=1S/C14H24FNO3.C2H6.CH4/c1-3-18-11-14-6-12(8-15)9-16(14)10-13(7-14)19-5-4-17-2;1-2;/h8,13H,3-7,9-11H2,1-2H3;1-2H3;1H4/b12-8+;;/t13-,14+;;/m0../s1. The Labute approximate surface area is 135 Å². The minimum Gasteiger partial charge on any atom is -0.382 e. The van der Waals surface area contributed by atoms with Gasteiger partial charge in [0, 0.05) is 26.8 Å². The van der Waals surface area contributed by atoms with E-state index >= 15 is 0 Å². The molecule has 0 aromatic rings. The Morgan fingerprint density at radius 3 is 2.68 bits per heavy atom. The van der Waals surface area contributed by atoms with Crippen LogP contribution in [0.1, 0.15) is 41.0 Å². The topological polar surface area (TPSA) is 30.9 Å². The summed E-state index contributed by atoms with van der Waals surface area (Å²) in [6, 6.07) is 0. The second-order valence-electron chi connectivity index (χ2n) is 5.38. The van der Waals surface area contributed by atoms with Crippen LogP contribution in [0, 0.1) is 0 Å².